The van der Waals surface area contributed by atoms with E-state index in [0.717, 1.165) is 17.0 Å². The molecule has 0 atom stereocenters. The van der Waals surface area contributed by atoms with Crippen LogP contribution in [0.25, 0.3) is 0 Å². The van der Waals surface area contributed by atoms with Gasteiger partial charge in [0.25, 0.3) is 5.91 Å². The SMILES string of the molecule is COc1ccc(NC(=O)c2ccc(NCc3cccc(S(=O)(=O)N(C)C)c3)cc2)cc1. The lowest BCUT2D eigenvalue weighted by molar-refractivity contribution is 0.102. The molecule has 0 aliphatic heterocycles. The van der Waals surface area contributed by atoms with Gasteiger partial charge in [0.1, 0.15) is 5.75 Å². The molecule has 0 fully saturated rings. The largest absolute Gasteiger partial charge is 0.497 e. The molecule has 7 nitrogen and oxygen atoms in total. The first kappa shape index (κ1) is 22.3. The van der Waals surface area contributed by atoms with E-state index in [1.807, 2.05) is 18.2 Å². The van der Waals surface area contributed by atoms with Gasteiger partial charge in [-0.3, -0.25) is 4.79 Å². The Morgan fingerprint density at radius 2 is 1.58 bits per heavy atom. The summed E-state index contributed by atoms with van der Waals surface area (Å²) in [6.07, 6.45) is 0. The van der Waals surface area contributed by atoms with Gasteiger partial charge in [-0.1, -0.05) is 12.1 Å². The van der Waals surface area contributed by atoms with Gasteiger partial charge >= 0.3 is 0 Å². The molecule has 0 aliphatic rings. The molecule has 8 heteroatoms. The highest BCUT2D eigenvalue weighted by Crippen LogP contribution is 2.18. The van der Waals surface area contributed by atoms with Crippen molar-refractivity contribution < 1.29 is 17.9 Å². The zero-order chi connectivity index (χ0) is 22.4. The van der Waals surface area contributed by atoms with Crippen molar-refractivity contribution in [3.8, 4) is 5.75 Å². The van der Waals surface area contributed by atoms with Crippen molar-refractivity contribution >= 4 is 27.3 Å². The number of nitrogens with one attached hydrogen (secondary N) is 2. The molecule has 0 aliphatic carbocycles. The Kier molecular flexibility index (Phi) is 6.94. The number of anilines is 2. The summed E-state index contributed by atoms with van der Waals surface area (Å²) in [6, 6.07) is 21.0. The summed E-state index contributed by atoms with van der Waals surface area (Å²) in [4.78, 5) is 12.7. The summed E-state index contributed by atoms with van der Waals surface area (Å²) in [5.41, 5.74) is 2.87. The molecule has 2 N–H and O–H groups in total. The predicted molar refractivity (Wildman–Crippen MR) is 122 cm³/mol. The third-order valence-corrected chi connectivity index (χ3v) is 6.48. The van der Waals surface area contributed by atoms with E-state index in [2.05, 4.69) is 10.6 Å². The number of hydrogen-bond acceptors (Lipinski definition) is 5. The molecule has 0 unspecified atom stereocenters. The van der Waals surface area contributed by atoms with E-state index in [9.17, 15) is 13.2 Å². The maximum Gasteiger partial charge on any atom is 0.255 e. The first-order valence-corrected chi connectivity index (χ1v) is 11.0. The molecular formula is C23H25N3O4S. The molecule has 0 heterocycles. The molecule has 0 spiro atoms. The van der Waals surface area contributed by atoms with Crippen LogP contribution in [-0.2, 0) is 16.6 Å². The first-order chi connectivity index (χ1) is 14.8. The fourth-order valence-electron chi connectivity index (χ4n) is 2.85. The van der Waals surface area contributed by atoms with Crippen molar-refractivity contribution in [2.24, 2.45) is 0 Å². The highest BCUT2D eigenvalue weighted by Gasteiger charge is 2.17. The Hall–Kier alpha value is -3.36. The molecule has 0 saturated heterocycles. The molecule has 0 saturated carbocycles. The summed E-state index contributed by atoms with van der Waals surface area (Å²) in [6.45, 7) is 0.453. The third kappa shape index (κ3) is 5.62. The van der Waals surface area contributed by atoms with Gasteiger partial charge in [-0.05, 0) is 66.2 Å². The zero-order valence-corrected chi connectivity index (χ0v) is 18.4. The molecule has 3 aromatic rings. The van der Waals surface area contributed by atoms with E-state index >= 15 is 0 Å². The molecule has 0 bridgehead atoms. The minimum Gasteiger partial charge on any atom is -0.497 e. The van der Waals surface area contributed by atoms with E-state index in [1.54, 1.807) is 61.7 Å². The van der Waals surface area contributed by atoms with Gasteiger partial charge in [0.05, 0.1) is 12.0 Å². The van der Waals surface area contributed by atoms with E-state index in [0.29, 0.717) is 17.8 Å². The van der Waals surface area contributed by atoms with Crippen molar-refractivity contribution in [1.29, 1.82) is 0 Å². The lowest BCUT2D eigenvalue weighted by Crippen LogP contribution is -2.22. The average molecular weight is 440 g/mol. The number of methoxy groups -OCH3 is 1. The Bertz CT molecular complexity index is 1140. The van der Waals surface area contributed by atoms with Crippen molar-refractivity contribution in [2.45, 2.75) is 11.4 Å². The molecule has 3 aromatic carbocycles. The number of sulfonamides is 1. The van der Waals surface area contributed by atoms with Crippen molar-refractivity contribution in [3.63, 3.8) is 0 Å². The Morgan fingerprint density at radius 1 is 0.935 bits per heavy atom. The Balaban J connectivity index is 1.61. The minimum atomic E-state index is -3.47. The van der Waals surface area contributed by atoms with Gasteiger partial charge < -0.3 is 15.4 Å². The fraction of sp³-hybridized carbons (Fsp3) is 0.174. The second kappa shape index (κ2) is 9.63. The molecule has 162 valence electrons. The number of hydrogen-bond donors (Lipinski definition) is 2. The summed E-state index contributed by atoms with van der Waals surface area (Å²) in [7, 11) is 1.13. The minimum absolute atomic E-state index is 0.210. The quantitative estimate of drug-likeness (QED) is 0.557. The van der Waals surface area contributed by atoms with E-state index in [4.69, 9.17) is 4.74 Å². The van der Waals surface area contributed by atoms with Crippen LogP contribution in [0.1, 0.15) is 15.9 Å². The fourth-order valence-corrected chi connectivity index (χ4v) is 3.82. The molecule has 0 aromatic heterocycles. The first-order valence-electron chi connectivity index (χ1n) is 9.60. The normalized spacial score (nSPS) is 11.2. The number of rotatable bonds is 8. The summed E-state index contributed by atoms with van der Waals surface area (Å²) < 4.78 is 30.9. The van der Waals surface area contributed by atoms with E-state index < -0.39 is 10.0 Å². The van der Waals surface area contributed by atoms with Crippen LogP contribution in [0.4, 0.5) is 11.4 Å². The van der Waals surface area contributed by atoms with Crippen LogP contribution in [0, 0.1) is 0 Å². The molecule has 0 radical (unpaired) electrons. The third-order valence-electron chi connectivity index (χ3n) is 4.67. The Morgan fingerprint density at radius 3 is 2.19 bits per heavy atom. The van der Waals surface area contributed by atoms with Crippen LogP contribution in [0.15, 0.2) is 77.7 Å². The highest BCUT2D eigenvalue weighted by atomic mass is 32.2. The van der Waals surface area contributed by atoms with E-state index in [-0.39, 0.29) is 10.8 Å². The lowest BCUT2D eigenvalue weighted by Gasteiger charge is -2.13. The van der Waals surface area contributed by atoms with Crippen molar-refractivity contribution in [3.05, 3.63) is 83.9 Å². The van der Waals surface area contributed by atoms with Crippen LogP contribution in [0.2, 0.25) is 0 Å². The van der Waals surface area contributed by atoms with Crippen molar-refractivity contribution in [2.75, 3.05) is 31.8 Å². The van der Waals surface area contributed by atoms with Gasteiger partial charge in [-0.25, -0.2) is 12.7 Å². The zero-order valence-electron chi connectivity index (χ0n) is 17.6. The van der Waals surface area contributed by atoms with Crippen LogP contribution < -0.4 is 15.4 Å². The van der Waals surface area contributed by atoms with Gasteiger partial charge in [0, 0.05) is 37.6 Å². The summed E-state index contributed by atoms with van der Waals surface area (Å²) >= 11 is 0. The summed E-state index contributed by atoms with van der Waals surface area (Å²) in [5.74, 6) is 0.511. The van der Waals surface area contributed by atoms with Crippen LogP contribution >= 0.6 is 0 Å². The standard InChI is InChI=1S/C23H25N3O4S/c1-26(2)31(28,29)22-6-4-5-17(15-22)16-24-19-9-7-18(8-10-19)23(27)25-20-11-13-21(30-3)14-12-20/h4-15,24H,16H2,1-3H3,(H,25,27). The monoisotopic (exact) mass is 439 g/mol. The maximum atomic E-state index is 12.4. The number of carbonyl (C=O) groups excluding carboxylic acids is 1. The lowest BCUT2D eigenvalue weighted by atomic mass is 10.1. The van der Waals surface area contributed by atoms with Crippen LogP contribution in [-0.4, -0.2) is 39.8 Å². The number of amides is 1. The second-order valence-corrected chi connectivity index (χ2v) is 9.20. The number of benzene rings is 3. The number of nitrogens with zero attached hydrogens (tertiary/aromatic N) is 1. The Labute approximate surface area is 182 Å². The maximum absolute atomic E-state index is 12.4. The van der Waals surface area contributed by atoms with Crippen LogP contribution in [0.3, 0.4) is 0 Å². The average Bonchev–Trinajstić information content (AvgIpc) is 2.78. The second-order valence-electron chi connectivity index (χ2n) is 7.05. The number of ether oxygens (including phenoxy) is 1. The molecule has 3 rings (SSSR count). The van der Waals surface area contributed by atoms with Crippen molar-refractivity contribution in [1.82, 2.24) is 4.31 Å². The predicted octanol–water partition coefficient (Wildman–Crippen LogP) is 3.81. The van der Waals surface area contributed by atoms with Gasteiger partial charge in [-0.2, -0.15) is 0 Å². The summed E-state index contributed by atoms with van der Waals surface area (Å²) in [5, 5.41) is 6.08. The highest BCUT2D eigenvalue weighted by molar-refractivity contribution is 7.89. The topological polar surface area (TPSA) is 87.7 Å². The van der Waals surface area contributed by atoms with Crippen LogP contribution in [0.5, 0.6) is 5.75 Å². The smallest absolute Gasteiger partial charge is 0.255 e. The van der Waals surface area contributed by atoms with Gasteiger partial charge in [0.15, 0.2) is 0 Å². The molecule has 1 amide bonds. The number of carbonyl (C=O) groups is 1. The molecular weight excluding hydrogens is 414 g/mol. The van der Waals surface area contributed by atoms with Gasteiger partial charge in [-0.15, -0.1) is 0 Å². The van der Waals surface area contributed by atoms with E-state index in [1.165, 1.54) is 18.4 Å². The van der Waals surface area contributed by atoms with Gasteiger partial charge in [0.2, 0.25) is 10.0 Å². The molecule has 31 heavy (non-hydrogen) atoms.